The number of hydrogen-bond acceptors (Lipinski definition) is 10. The summed E-state index contributed by atoms with van der Waals surface area (Å²) in [4.78, 5) is 11.9. The maximum atomic E-state index is 12.6. The monoisotopic (exact) mass is 581 g/mol. The van der Waals surface area contributed by atoms with Crippen molar-refractivity contribution in [3.63, 3.8) is 0 Å². The zero-order chi connectivity index (χ0) is 29.2. The van der Waals surface area contributed by atoms with Gasteiger partial charge in [-0.05, 0) is 36.6 Å². The van der Waals surface area contributed by atoms with Gasteiger partial charge >= 0.3 is 0 Å². The number of fused-ring (bicyclic) bond motifs is 1. The van der Waals surface area contributed by atoms with E-state index in [2.05, 4.69) is 41.6 Å². The molecule has 1 fully saturated rings. The Hall–Kier alpha value is -3.61. The van der Waals surface area contributed by atoms with E-state index in [1.165, 1.54) is 6.07 Å². The highest BCUT2D eigenvalue weighted by molar-refractivity contribution is 7.89. The van der Waals surface area contributed by atoms with E-state index < -0.39 is 10.0 Å². The average molecular weight is 582 g/mol. The number of unbranched alkanes of at least 4 members (excludes halogenated alkanes) is 1. The van der Waals surface area contributed by atoms with E-state index in [-0.39, 0.29) is 10.3 Å². The zero-order valence-electron chi connectivity index (χ0n) is 24.1. The van der Waals surface area contributed by atoms with E-state index >= 15 is 0 Å². The summed E-state index contributed by atoms with van der Waals surface area (Å²) >= 11 is 0. The van der Waals surface area contributed by atoms with Crippen LogP contribution < -0.4 is 30.7 Å². The summed E-state index contributed by atoms with van der Waals surface area (Å²) in [6.45, 7) is 9.99. The Morgan fingerprint density at radius 1 is 1.15 bits per heavy atom. The molecule has 220 valence electrons. The van der Waals surface area contributed by atoms with Gasteiger partial charge in [0, 0.05) is 42.4 Å². The van der Waals surface area contributed by atoms with Gasteiger partial charge in [-0.2, -0.15) is 9.97 Å². The van der Waals surface area contributed by atoms with Crippen LogP contribution in [0.4, 0.5) is 34.6 Å². The van der Waals surface area contributed by atoms with E-state index in [4.69, 9.17) is 24.6 Å². The number of morpholine rings is 1. The van der Waals surface area contributed by atoms with Crippen molar-refractivity contribution in [3.05, 3.63) is 47.5 Å². The van der Waals surface area contributed by atoms with Gasteiger partial charge in [0.1, 0.15) is 22.3 Å². The predicted molar refractivity (Wildman–Crippen MR) is 163 cm³/mol. The first kappa shape index (κ1) is 28.9. The molecule has 1 aromatic heterocycles. The van der Waals surface area contributed by atoms with E-state index in [9.17, 15) is 8.42 Å². The molecule has 0 spiro atoms. The molecule has 2 aliphatic heterocycles. The molecule has 3 aromatic rings. The van der Waals surface area contributed by atoms with Crippen molar-refractivity contribution >= 4 is 44.7 Å². The van der Waals surface area contributed by atoms with Crippen LogP contribution in [0.2, 0.25) is 0 Å². The Bertz CT molecular complexity index is 1520. The SMILES string of the molecule is CCCCc1cccc(S(N)(=O)=O)c1Nc1nc(Nc2ccc(N3CCOCC3)cc2OC)nc2c1C(C)(C)CN2. The fourth-order valence-corrected chi connectivity index (χ4v) is 6.08. The third kappa shape index (κ3) is 6.19. The van der Waals surface area contributed by atoms with Crippen LogP contribution in [0.25, 0.3) is 0 Å². The van der Waals surface area contributed by atoms with Crippen molar-refractivity contribution in [2.75, 3.05) is 60.8 Å². The number of nitrogens with zero attached hydrogens (tertiary/aromatic N) is 3. The van der Waals surface area contributed by atoms with Gasteiger partial charge in [0.05, 0.1) is 31.7 Å². The summed E-state index contributed by atoms with van der Waals surface area (Å²) in [5.74, 6) is 2.20. The van der Waals surface area contributed by atoms with Crippen molar-refractivity contribution in [2.45, 2.75) is 50.3 Å². The first-order valence-corrected chi connectivity index (χ1v) is 15.5. The second kappa shape index (κ2) is 11.7. The topological polar surface area (TPSA) is 144 Å². The lowest BCUT2D eigenvalue weighted by Gasteiger charge is -2.29. The molecule has 0 aliphatic carbocycles. The van der Waals surface area contributed by atoms with Crippen molar-refractivity contribution in [1.82, 2.24) is 9.97 Å². The standard InChI is InChI=1S/C29H39N7O4S/c1-5-6-8-19-9-7-10-23(41(30,37)38)25(19)33-27-24-26(31-18-29(24,2)3)34-28(35-27)32-21-12-11-20(17-22(21)39-4)36-13-15-40-16-14-36/h7,9-12,17H,5-6,8,13-16,18H2,1-4H3,(H2,30,37,38)(H3,31,32,33,34,35). The van der Waals surface area contributed by atoms with Gasteiger partial charge in [0.25, 0.3) is 0 Å². The van der Waals surface area contributed by atoms with Gasteiger partial charge in [0.2, 0.25) is 16.0 Å². The maximum absolute atomic E-state index is 12.6. The highest BCUT2D eigenvalue weighted by Crippen LogP contribution is 2.43. The molecular weight excluding hydrogens is 542 g/mol. The van der Waals surface area contributed by atoms with Crippen LogP contribution in [-0.2, 0) is 26.6 Å². The number of sulfonamides is 1. The van der Waals surface area contributed by atoms with E-state index in [0.29, 0.717) is 60.9 Å². The summed E-state index contributed by atoms with van der Waals surface area (Å²) in [5, 5.41) is 15.7. The lowest BCUT2D eigenvalue weighted by Crippen LogP contribution is -2.36. The third-order valence-corrected chi connectivity index (χ3v) is 8.51. The molecule has 0 atom stereocenters. The number of hydrogen-bond donors (Lipinski definition) is 4. The first-order chi connectivity index (χ1) is 19.6. The minimum Gasteiger partial charge on any atom is -0.494 e. The number of nitrogens with one attached hydrogen (secondary N) is 3. The molecule has 0 radical (unpaired) electrons. The Labute approximate surface area is 241 Å². The normalized spacial score (nSPS) is 16.2. The lowest BCUT2D eigenvalue weighted by atomic mass is 9.88. The van der Waals surface area contributed by atoms with E-state index in [1.807, 2.05) is 24.3 Å². The quantitative estimate of drug-likeness (QED) is 0.270. The summed E-state index contributed by atoms with van der Waals surface area (Å²) in [6.07, 6.45) is 2.58. The summed E-state index contributed by atoms with van der Waals surface area (Å²) in [5.41, 5.74) is 3.66. The van der Waals surface area contributed by atoms with Crippen molar-refractivity contribution in [1.29, 1.82) is 0 Å². The number of primary sulfonamides is 1. The number of ether oxygens (including phenoxy) is 2. The minimum absolute atomic E-state index is 0.0390. The van der Waals surface area contributed by atoms with E-state index in [0.717, 1.165) is 42.7 Å². The van der Waals surface area contributed by atoms with Gasteiger partial charge in [-0.1, -0.05) is 39.3 Å². The molecule has 5 N–H and O–H groups in total. The molecule has 0 unspecified atom stereocenters. The maximum Gasteiger partial charge on any atom is 0.240 e. The zero-order valence-corrected chi connectivity index (χ0v) is 24.9. The second-order valence-electron chi connectivity index (χ2n) is 11.0. The van der Waals surface area contributed by atoms with Crippen LogP contribution in [0.1, 0.15) is 44.7 Å². The van der Waals surface area contributed by atoms with Gasteiger partial charge in [-0.25, -0.2) is 13.6 Å². The number of para-hydroxylation sites is 1. The van der Waals surface area contributed by atoms with Crippen LogP contribution in [0.15, 0.2) is 41.3 Å². The van der Waals surface area contributed by atoms with Gasteiger partial charge in [-0.15, -0.1) is 0 Å². The summed E-state index contributed by atoms with van der Waals surface area (Å²) in [6, 6.07) is 11.2. The number of aryl methyl sites for hydroxylation is 1. The van der Waals surface area contributed by atoms with Crippen LogP contribution in [0.3, 0.4) is 0 Å². The number of benzene rings is 2. The smallest absolute Gasteiger partial charge is 0.240 e. The molecule has 0 amide bonds. The number of methoxy groups -OCH3 is 1. The van der Waals surface area contributed by atoms with Crippen LogP contribution in [0.5, 0.6) is 5.75 Å². The number of aromatic nitrogens is 2. The van der Waals surface area contributed by atoms with Gasteiger partial charge < -0.3 is 30.3 Å². The van der Waals surface area contributed by atoms with Crippen molar-refractivity contribution in [3.8, 4) is 5.75 Å². The molecule has 3 heterocycles. The van der Waals surface area contributed by atoms with Crippen LogP contribution >= 0.6 is 0 Å². The molecule has 2 aliphatic rings. The van der Waals surface area contributed by atoms with Crippen molar-refractivity contribution < 1.29 is 17.9 Å². The highest BCUT2D eigenvalue weighted by atomic mass is 32.2. The molecule has 2 aromatic carbocycles. The number of anilines is 6. The fraction of sp³-hybridized carbons (Fsp3) is 0.448. The molecule has 0 saturated carbocycles. The Balaban J connectivity index is 1.55. The number of nitrogens with two attached hydrogens (primary N) is 1. The minimum atomic E-state index is -3.99. The molecule has 11 nitrogen and oxygen atoms in total. The van der Waals surface area contributed by atoms with Crippen molar-refractivity contribution in [2.24, 2.45) is 5.14 Å². The second-order valence-corrected chi connectivity index (χ2v) is 12.6. The molecule has 41 heavy (non-hydrogen) atoms. The molecule has 12 heteroatoms. The fourth-order valence-electron chi connectivity index (χ4n) is 5.34. The number of rotatable bonds is 10. The Morgan fingerprint density at radius 2 is 1.93 bits per heavy atom. The molecule has 0 bridgehead atoms. The summed E-state index contributed by atoms with van der Waals surface area (Å²) < 4.78 is 36.4. The van der Waals surface area contributed by atoms with Crippen LogP contribution in [-0.4, -0.2) is 58.3 Å². The summed E-state index contributed by atoms with van der Waals surface area (Å²) in [7, 11) is -2.36. The predicted octanol–water partition coefficient (Wildman–Crippen LogP) is 4.50. The first-order valence-electron chi connectivity index (χ1n) is 14.0. The van der Waals surface area contributed by atoms with Gasteiger partial charge in [-0.3, -0.25) is 0 Å². The molecule has 1 saturated heterocycles. The third-order valence-electron chi connectivity index (χ3n) is 7.55. The average Bonchev–Trinajstić information content (AvgIpc) is 3.26. The highest BCUT2D eigenvalue weighted by Gasteiger charge is 2.36. The Morgan fingerprint density at radius 3 is 2.63 bits per heavy atom. The molecular formula is C29H39N7O4S. The van der Waals surface area contributed by atoms with Gasteiger partial charge in [0.15, 0.2) is 0 Å². The molecule has 5 rings (SSSR count). The largest absolute Gasteiger partial charge is 0.494 e. The van der Waals surface area contributed by atoms with E-state index in [1.54, 1.807) is 13.2 Å². The Kier molecular flexibility index (Phi) is 8.25. The lowest BCUT2D eigenvalue weighted by molar-refractivity contribution is 0.122. The van der Waals surface area contributed by atoms with Crippen LogP contribution in [0, 0.1) is 0 Å².